The Morgan fingerprint density at radius 3 is 2.17 bits per heavy atom. The lowest BCUT2D eigenvalue weighted by molar-refractivity contribution is -0.139. The number of nitrogens with one attached hydrogen (secondary N) is 1. The third kappa shape index (κ3) is 10.5. The van der Waals surface area contributed by atoms with Gasteiger partial charge in [0.15, 0.2) is 0 Å². The number of rotatable bonds is 5. The minimum atomic E-state index is -1.03. The first-order chi connectivity index (χ1) is 7.61. The first-order valence-electron chi connectivity index (χ1n) is 5.38. The molecule has 0 spiro atoms. The molecule has 1 amide bonds. The zero-order chi connectivity index (χ0) is 13.6. The number of ether oxygens (including phenoxy) is 1. The van der Waals surface area contributed by atoms with E-state index in [9.17, 15) is 9.59 Å². The maximum Gasteiger partial charge on any atom is 0.408 e. The van der Waals surface area contributed by atoms with E-state index in [-0.39, 0.29) is 23.3 Å². The van der Waals surface area contributed by atoms with Crippen LogP contribution in [0.5, 0.6) is 0 Å². The Morgan fingerprint density at radius 2 is 1.83 bits per heavy atom. The van der Waals surface area contributed by atoms with Gasteiger partial charge < -0.3 is 27.6 Å². The number of carbonyl (C=O) groups is 2. The summed E-state index contributed by atoms with van der Waals surface area (Å²) in [5.41, 5.74) is -0.618. The van der Waals surface area contributed by atoms with E-state index < -0.39 is 23.7 Å². The maximum atomic E-state index is 11.4. The van der Waals surface area contributed by atoms with Crippen molar-refractivity contribution in [3.63, 3.8) is 0 Å². The van der Waals surface area contributed by atoms with Crippen molar-refractivity contribution in [2.75, 3.05) is 18.3 Å². The highest BCUT2D eigenvalue weighted by atomic mass is 35.5. The van der Waals surface area contributed by atoms with Crippen LogP contribution in [0.3, 0.4) is 0 Å². The molecule has 0 radical (unpaired) electrons. The molecule has 18 heavy (non-hydrogen) atoms. The zero-order valence-electron chi connectivity index (χ0n) is 11.4. The molecule has 1 unspecified atom stereocenters. The molecule has 0 aromatic carbocycles. The predicted octanol–water partition coefficient (Wildman–Crippen LogP) is -1.76. The van der Waals surface area contributed by atoms with Gasteiger partial charge in [-0.25, -0.2) is 9.59 Å². The molecule has 0 aliphatic carbocycles. The van der Waals surface area contributed by atoms with Crippen LogP contribution in [-0.2, 0) is 20.4 Å². The van der Waals surface area contributed by atoms with E-state index in [1.165, 1.54) is 0 Å². The fraction of sp³-hybridized carbons (Fsp3) is 0.818. The van der Waals surface area contributed by atoms with Gasteiger partial charge in [0.25, 0.3) is 0 Å². The van der Waals surface area contributed by atoms with E-state index in [1.54, 1.807) is 20.8 Å². The third-order valence-corrected chi connectivity index (χ3v) is 2.86. The van der Waals surface area contributed by atoms with Crippen molar-refractivity contribution in [3.05, 3.63) is 0 Å². The van der Waals surface area contributed by atoms with E-state index in [4.69, 9.17) is 9.84 Å². The number of aliphatic carboxylic acids is 1. The Balaban J connectivity index is 0. The van der Waals surface area contributed by atoms with Crippen LogP contribution in [-0.4, -0.2) is 47.1 Å². The molecule has 2 N–H and O–H groups in total. The van der Waals surface area contributed by atoms with Gasteiger partial charge in [-0.1, -0.05) is 0 Å². The Hall–Kier alpha value is -0.620. The molecule has 108 valence electrons. The average molecular weight is 300 g/mol. The molecule has 0 heterocycles. The molecule has 0 aromatic rings. The summed E-state index contributed by atoms with van der Waals surface area (Å²) in [6.07, 6.45) is 3.81. The van der Waals surface area contributed by atoms with Crippen LogP contribution in [0.25, 0.3) is 0 Å². The van der Waals surface area contributed by atoms with Gasteiger partial charge in [0, 0.05) is 6.42 Å². The molecule has 5 nitrogen and oxygen atoms in total. The van der Waals surface area contributed by atoms with Gasteiger partial charge in [-0.2, -0.15) is 0 Å². The second-order valence-electron chi connectivity index (χ2n) is 5.02. The largest absolute Gasteiger partial charge is 1.00 e. The zero-order valence-corrected chi connectivity index (χ0v) is 13.0. The summed E-state index contributed by atoms with van der Waals surface area (Å²) in [4.78, 5) is 22.4. The highest BCUT2D eigenvalue weighted by Gasteiger charge is 2.25. The predicted molar refractivity (Wildman–Crippen MR) is 69.5 cm³/mol. The van der Waals surface area contributed by atoms with Crippen molar-refractivity contribution in [3.8, 4) is 0 Å². The van der Waals surface area contributed by atoms with Crippen molar-refractivity contribution >= 4 is 23.0 Å². The Kier molecular flexibility index (Phi) is 9.28. The quantitative estimate of drug-likeness (QED) is 0.590. The minimum absolute atomic E-state index is 0. The van der Waals surface area contributed by atoms with Crippen molar-refractivity contribution in [2.45, 2.75) is 38.8 Å². The molecule has 0 saturated heterocycles. The van der Waals surface area contributed by atoms with Crippen LogP contribution >= 0.6 is 0 Å². The van der Waals surface area contributed by atoms with E-state index in [2.05, 4.69) is 5.32 Å². The van der Waals surface area contributed by atoms with E-state index in [0.717, 1.165) is 5.75 Å². The minimum Gasteiger partial charge on any atom is -1.00 e. The number of hydrogen-bond acceptors (Lipinski definition) is 3. The molecular weight excluding hydrogens is 278 g/mol. The van der Waals surface area contributed by atoms with Crippen LogP contribution in [0.4, 0.5) is 4.79 Å². The number of carboxylic acid groups (broad SMARTS) is 1. The number of halogens is 1. The van der Waals surface area contributed by atoms with Crippen LogP contribution in [0.2, 0.25) is 0 Å². The number of amides is 1. The summed E-state index contributed by atoms with van der Waals surface area (Å²) >= 11 is 0. The smallest absolute Gasteiger partial charge is 0.408 e. The van der Waals surface area contributed by atoms with Gasteiger partial charge in [-0.3, -0.25) is 0 Å². The second-order valence-corrected chi connectivity index (χ2v) is 7.39. The average Bonchev–Trinajstić information content (AvgIpc) is 2.08. The van der Waals surface area contributed by atoms with E-state index in [1.807, 2.05) is 12.5 Å². The first kappa shape index (κ1) is 19.7. The standard InChI is InChI=1S/C11H21NO4S.ClH/c1-11(2,3)16-10(15)12-8(9(13)14)6-7-17(4)5;/h8H,6-7H2,1-5H3,(H-,12,13,14,15);1H. The monoisotopic (exact) mass is 299 g/mol. The second kappa shape index (κ2) is 8.48. The Morgan fingerprint density at radius 1 is 1.33 bits per heavy atom. The normalized spacial score (nSPS) is 12.6. The third-order valence-electron chi connectivity index (χ3n) is 1.80. The number of carbonyl (C=O) groups excluding carboxylic acids is 1. The van der Waals surface area contributed by atoms with Crippen molar-refractivity contribution < 1.29 is 31.8 Å². The summed E-state index contributed by atoms with van der Waals surface area (Å²) in [6.45, 7) is 5.20. The summed E-state index contributed by atoms with van der Waals surface area (Å²) < 4.78 is 5.01. The molecular formula is C11H22ClNO4S. The SMILES string of the molecule is C[S+](C)CCC(NC(=O)OC(C)(C)C)C(=O)O.[Cl-]. The van der Waals surface area contributed by atoms with Crippen molar-refractivity contribution in [1.82, 2.24) is 5.32 Å². The molecule has 0 rings (SSSR count). The highest BCUT2D eigenvalue weighted by molar-refractivity contribution is 7.95. The van der Waals surface area contributed by atoms with Crippen LogP contribution < -0.4 is 17.7 Å². The Bertz CT molecular complexity index is 279. The first-order valence-corrected chi connectivity index (χ1v) is 7.59. The van der Waals surface area contributed by atoms with Crippen LogP contribution in [0, 0.1) is 0 Å². The summed E-state index contributed by atoms with van der Waals surface area (Å²) in [6, 6.07) is -0.875. The van der Waals surface area contributed by atoms with Crippen molar-refractivity contribution in [1.29, 1.82) is 0 Å². The molecule has 1 atom stereocenters. The number of alkyl carbamates (subject to hydrolysis) is 1. The van der Waals surface area contributed by atoms with Gasteiger partial charge in [0.2, 0.25) is 0 Å². The summed E-state index contributed by atoms with van der Waals surface area (Å²) in [5, 5.41) is 11.3. The lowest BCUT2D eigenvalue weighted by Gasteiger charge is -2.21. The Labute approximate surface area is 117 Å². The number of hydrogen-bond donors (Lipinski definition) is 2. The fourth-order valence-corrected chi connectivity index (χ4v) is 1.77. The molecule has 0 aliphatic rings. The molecule has 0 aromatic heterocycles. The van der Waals surface area contributed by atoms with Crippen LogP contribution in [0.1, 0.15) is 27.2 Å². The van der Waals surface area contributed by atoms with Gasteiger partial charge in [0.05, 0.1) is 12.5 Å². The summed E-state index contributed by atoms with van der Waals surface area (Å²) in [7, 11) is 0.158. The van der Waals surface area contributed by atoms with E-state index >= 15 is 0 Å². The molecule has 0 fully saturated rings. The molecule has 0 bridgehead atoms. The van der Waals surface area contributed by atoms with E-state index in [0.29, 0.717) is 6.42 Å². The fourth-order valence-electron chi connectivity index (χ4n) is 1.06. The topological polar surface area (TPSA) is 75.6 Å². The van der Waals surface area contributed by atoms with Gasteiger partial charge in [-0.05, 0) is 31.7 Å². The lowest BCUT2D eigenvalue weighted by atomic mass is 10.2. The summed E-state index contributed by atoms with van der Waals surface area (Å²) in [5.74, 6) is -0.256. The molecule has 0 saturated carbocycles. The van der Waals surface area contributed by atoms with Gasteiger partial charge >= 0.3 is 12.1 Å². The van der Waals surface area contributed by atoms with Gasteiger partial charge in [0.1, 0.15) is 17.4 Å². The molecule has 0 aliphatic heterocycles. The maximum absolute atomic E-state index is 11.4. The van der Waals surface area contributed by atoms with Gasteiger partial charge in [-0.15, -0.1) is 0 Å². The van der Waals surface area contributed by atoms with Crippen LogP contribution in [0.15, 0.2) is 0 Å². The highest BCUT2D eigenvalue weighted by Crippen LogP contribution is 2.07. The lowest BCUT2D eigenvalue weighted by Crippen LogP contribution is -3.00. The molecule has 7 heteroatoms. The number of carboxylic acids is 1. The van der Waals surface area contributed by atoms with Crippen molar-refractivity contribution in [2.24, 2.45) is 0 Å².